The van der Waals surface area contributed by atoms with Crippen LogP contribution in [0.25, 0.3) is 0 Å². The highest BCUT2D eigenvalue weighted by molar-refractivity contribution is 6.34. The Morgan fingerprint density at radius 1 is 1.48 bits per heavy atom. The van der Waals surface area contributed by atoms with Gasteiger partial charge in [-0.15, -0.1) is 5.10 Å². The van der Waals surface area contributed by atoms with Crippen molar-refractivity contribution in [1.29, 1.82) is 0 Å². The van der Waals surface area contributed by atoms with Crippen molar-refractivity contribution in [2.24, 2.45) is 0 Å². The molecule has 0 bridgehead atoms. The number of halogens is 1. The summed E-state index contributed by atoms with van der Waals surface area (Å²) in [6, 6.07) is 3.74. The number of aromatic nitrogens is 3. The number of hydrogen-bond acceptors (Lipinski definition) is 4. The highest BCUT2D eigenvalue weighted by atomic mass is 35.5. The van der Waals surface area contributed by atoms with Gasteiger partial charge < -0.3 is 10.4 Å². The smallest absolute Gasteiger partial charge is 0.246 e. The molecule has 0 aliphatic carbocycles. The van der Waals surface area contributed by atoms with Gasteiger partial charge in [-0.3, -0.25) is 4.79 Å². The fourth-order valence-electron chi connectivity index (χ4n) is 1.98. The van der Waals surface area contributed by atoms with Crippen molar-refractivity contribution in [3.63, 3.8) is 0 Å². The van der Waals surface area contributed by atoms with E-state index in [-0.39, 0.29) is 12.5 Å². The summed E-state index contributed by atoms with van der Waals surface area (Å²) in [6.07, 6.45) is 0.823. The van der Waals surface area contributed by atoms with E-state index in [4.69, 9.17) is 11.6 Å². The zero-order chi connectivity index (χ0) is 15.6. The minimum absolute atomic E-state index is 0.00334. The summed E-state index contributed by atoms with van der Waals surface area (Å²) in [4.78, 5) is 12.0. The van der Waals surface area contributed by atoms with Gasteiger partial charge in [-0.25, -0.2) is 4.68 Å². The summed E-state index contributed by atoms with van der Waals surface area (Å²) in [5.74, 6) is -0.258. The number of aliphatic hydroxyl groups excluding tert-OH is 1. The van der Waals surface area contributed by atoms with Crippen molar-refractivity contribution in [2.75, 3.05) is 5.32 Å². The van der Waals surface area contributed by atoms with E-state index in [9.17, 15) is 9.90 Å². The molecule has 112 valence electrons. The average molecular weight is 309 g/mol. The molecular weight excluding hydrogens is 292 g/mol. The molecule has 1 unspecified atom stereocenters. The van der Waals surface area contributed by atoms with Crippen LogP contribution in [0.4, 0.5) is 5.69 Å². The van der Waals surface area contributed by atoms with Crippen LogP contribution in [0.2, 0.25) is 5.02 Å². The summed E-state index contributed by atoms with van der Waals surface area (Å²) in [5.41, 5.74) is 2.96. The Hall–Kier alpha value is -1.92. The molecule has 0 radical (unpaired) electrons. The van der Waals surface area contributed by atoms with Crippen LogP contribution in [0.15, 0.2) is 18.3 Å². The molecule has 0 spiro atoms. The quantitative estimate of drug-likeness (QED) is 0.907. The first-order valence-electron chi connectivity index (χ1n) is 6.51. The molecule has 1 aromatic heterocycles. The number of rotatable bonds is 4. The first kappa shape index (κ1) is 15.5. The van der Waals surface area contributed by atoms with E-state index >= 15 is 0 Å². The number of nitrogens with one attached hydrogen (secondary N) is 1. The van der Waals surface area contributed by atoms with Crippen LogP contribution in [0.1, 0.15) is 29.8 Å². The van der Waals surface area contributed by atoms with Crippen molar-refractivity contribution in [1.82, 2.24) is 15.0 Å². The second-order valence-corrected chi connectivity index (χ2v) is 5.41. The van der Waals surface area contributed by atoms with Gasteiger partial charge in [-0.1, -0.05) is 22.9 Å². The minimum atomic E-state index is -0.712. The third-order valence-corrected chi connectivity index (χ3v) is 3.28. The molecule has 7 heteroatoms. The SMILES string of the molecule is Cc1cc(C)c(NC(=O)Cn2cc(C(C)O)nn2)c(Cl)c1. The van der Waals surface area contributed by atoms with Crippen molar-refractivity contribution < 1.29 is 9.90 Å². The van der Waals surface area contributed by atoms with E-state index in [1.807, 2.05) is 19.9 Å². The Bertz CT molecular complexity index is 644. The molecule has 2 aromatic rings. The standard InChI is InChI=1S/C14H17ClN4O2/c1-8-4-9(2)14(11(15)5-8)16-13(21)7-19-6-12(10(3)20)17-18-19/h4-6,10,20H,7H2,1-3H3,(H,16,21). The molecule has 0 fully saturated rings. The predicted octanol–water partition coefficient (Wildman–Crippen LogP) is 2.24. The summed E-state index contributed by atoms with van der Waals surface area (Å²) in [6.45, 7) is 5.42. The summed E-state index contributed by atoms with van der Waals surface area (Å²) in [5, 5.41) is 20.2. The van der Waals surface area contributed by atoms with Crippen molar-refractivity contribution in [3.8, 4) is 0 Å². The third-order valence-electron chi connectivity index (χ3n) is 2.99. The van der Waals surface area contributed by atoms with Crippen LogP contribution in [-0.2, 0) is 11.3 Å². The number of anilines is 1. The van der Waals surface area contributed by atoms with Gasteiger partial charge in [0.2, 0.25) is 5.91 Å². The molecule has 1 heterocycles. The molecule has 0 saturated carbocycles. The fourth-order valence-corrected chi connectivity index (χ4v) is 2.35. The molecule has 2 N–H and O–H groups in total. The molecular formula is C14H17ClN4O2. The fraction of sp³-hybridized carbons (Fsp3) is 0.357. The molecule has 1 aromatic carbocycles. The molecule has 0 saturated heterocycles. The van der Waals surface area contributed by atoms with Crippen LogP contribution >= 0.6 is 11.6 Å². The topological polar surface area (TPSA) is 80.0 Å². The van der Waals surface area contributed by atoms with Gasteiger partial charge in [0.15, 0.2) is 0 Å². The molecule has 6 nitrogen and oxygen atoms in total. The number of amides is 1. The third kappa shape index (κ3) is 3.80. The lowest BCUT2D eigenvalue weighted by atomic mass is 10.1. The number of aryl methyl sites for hydroxylation is 2. The van der Waals surface area contributed by atoms with E-state index in [2.05, 4.69) is 15.6 Å². The molecule has 1 amide bonds. The highest BCUT2D eigenvalue weighted by Crippen LogP contribution is 2.27. The summed E-state index contributed by atoms with van der Waals surface area (Å²) < 4.78 is 1.37. The lowest BCUT2D eigenvalue weighted by Crippen LogP contribution is -2.20. The predicted molar refractivity (Wildman–Crippen MR) is 80.2 cm³/mol. The van der Waals surface area contributed by atoms with Gasteiger partial charge in [0.05, 0.1) is 23.0 Å². The molecule has 0 aliphatic heterocycles. The van der Waals surface area contributed by atoms with Crippen LogP contribution < -0.4 is 5.32 Å². The van der Waals surface area contributed by atoms with Gasteiger partial charge in [0, 0.05) is 0 Å². The molecule has 1 atom stereocenters. The zero-order valence-electron chi connectivity index (χ0n) is 12.1. The minimum Gasteiger partial charge on any atom is -0.387 e. The van der Waals surface area contributed by atoms with Gasteiger partial charge in [-0.2, -0.15) is 0 Å². The first-order chi connectivity index (χ1) is 9.86. The Balaban J connectivity index is 2.08. The lowest BCUT2D eigenvalue weighted by Gasteiger charge is -2.11. The Labute approximate surface area is 127 Å². The van der Waals surface area contributed by atoms with Crippen LogP contribution in [0.5, 0.6) is 0 Å². The maximum absolute atomic E-state index is 12.0. The van der Waals surface area contributed by atoms with Gasteiger partial charge >= 0.3 is 0 Å². The Morgan fingerprint density at radius 2 is 2.19 bits per heavy atom. The second-order valence-electron chi connectivity index (χ2n) is 5.00. The number of aliphatic hydroxyl groups is 1. The van der Waals surface area contributed by atoms with Crippen LogP contribution in [0, 0.1) is 13.8 Å². The Kier molecular flexibility index (Phi) is 4.59. The second kappa shape index (κ2) is 6.24. The van der Waals surface area contributed by atoms with Crippen molar-refractivity contribution in [2.45, 2.75) is 33.4 Å². The molecule has 2 rings (SSSR count). The van der Waals surface area contributed by atoms with Crippen molar-refractivity contribution >= 4 is 23.2 Å². The lowest BCUT2D eigenvalue weighted by molar-refractivity contribution is -0.116. The van der Waals surface area contributed by atoms with E-state index in [1.165, 1.54) is 10.9 Å². The number of benzene rings is 1. The number of carbonyl (C=O) groups is 1. The monoisotopic (exact) mass is 308 g/mol. The number of nitrogens with zero attached hydrogens (tertiary/aromatic N) is 3. The van der Waals surface area contributed by atoms with Crippen molar-refractivity contribution in [3.05, 3.63) is 40.2 Å². The van der Waals surface area contributed by atoms with Crippen LogP contribution in [0.3, 0.4) is 0 Å². The average Bonchev–Trinajstić information content (AvgIpc) is 2.82. The summed E-state index contributed by atoms with van der Waals surface area (Å²) >= 11 is 6.14. The maximum Gasteiger partial charge on any atom is 0.246 e. The van der Waals surface area contributed by atoms with E-state index in [1.54, 1.807) is 13.0 Å². The largest absolute Gasteiger partial charge is 0.387 e. The number of hydrogen-bond donors (Lipinski definition) is 2. The maximum atomic E-state index is 12.0. The van der Waals surface area contributed by atoms with E-state index in [0.717, 1.165) is 11.1 Å². The van der Waals surface area contributed by atoms with Gasteiger partial charge in [0.25, 0.3) is 0 Å². The molecule has 21 heavy (non-hydrogen) atoms. The highest BCUT2D eigenvalue weighted by Gasteiger charge is 2.12. The van der Waals surface area contributed by atoms with E-state index < -0.39 is 6.10 Å². The van der Waals surface area contributed by atoms with Gasteiger partial charge in [-0.05, 0) is 38.0 Å². The summed E-state index contributed by atoms with van der Waals surface area (Å²) in [7, 11) is 0. The number of carbonyl (C=O) groups excluding carboxylic acids is 1. The Morgan fingerprint density at radius 3 is 2.76 bits per heavy atom. The van der Waals surface area contributed by atoms with E-state index in [0.29, 0.717) is 16.4 Å². The van der Waals surface area contributed by atoms with Crippen LogP contribution in [-0.4, -0.2) is 26.0 Å². The first-order valence-corrected chi connectivity index (χ1v) is 6.89. The zero-order valence-corrected chi connectivity index (χ0v) is 12.8. The van der Waals surface area contributed by atoms with Gasteiger partial charge in [0.1, 0.15) is 12.2 Å². The normalized spacial score (nSPS) is 12.2. The molecule has 0 aliphatic rings.